The standard InChI is InChI=1S/C33H29F4N3O7S/c1-4-40(11-5-6-26(41)47-32-28(34)30(36)33(48(42,43)44)31(37)29(32)35)22-15-23(45-3)21(12-16(22)2)27-19-9-7-17(38)13-24(19)46-25-14-18(39)8-10-20(25)27/h7-10,12-15,38H,4-6,11,39H2,1-3H3,(H,42,43,44). The summed E-state index contributed by atoms with van der Waals surface area (Å²) in [6, 6.07) is 14.2. The Kier molecular flexibility index (Phi) is 9.37. The van der Waals surface area contributed by atoms with Gasteiger partial charge in [0.2, 0.25) is 17.4 Å². The SMILES string of the molecule is CCN(CCCC(=O)Oc1c(F)c(F)c(S(=O)(=O)O)c(F)c1F)c1cc(OC)c(-c2c3ccc(=N)cc-3oc3cc(N)ccc23)cc1C. The highest BCUT2D eigenvalue weighted by molar-refractivity contribution is 7.85. The highest BCUT2D eigenvalue weighted by Crippen LogP contribution is 2.45. The molecule has 252 valence electrons. The van der Waals surface area contributed by atoms with Crippen LogP contribution in [-0.4, -0.2) is 39.1 Å². The lowest BCUT2D eigenvalue weighted by Gasteiger charge is -2.27. The van der Waals surface area contributed by atoms with E-state index in [2.05, 4.69) is 4.74 Å². The maximum atomic E-state index is 14.3. The van der Waals surface area contributed by atoms with Crippen LogP contribution < -0.4 is 25.5 Å². The number of anilines is 2. The van der Waals surface area contributed by atoms with Gasteiger partial charge >= 0.3 is 16.1 Å². The number of benzene rings is 4. The third-order valence-corrected chi connectivity index (χ3v) is 8.60. The summed E-state index contributed by atoms with van der Waals surface area (Å²) in [5.41, 5.74) is 10.9. The van der Waals surface area contributed by atoms with Crippen LogP contribution in [0, 0.1) is 35.6 Å². The minimum atomic E-state index is -5.66. The number of ether oxygens (including phenoxy) is 2. The number of rotatable bonds is 10. The van der Waals surface area contributed by atoms with Gasteiger partial charge in [-0.15, -0.1) is 0 Å². The van der Waals surface area contributed by atoms with E-state index in [1.807, 2.05) is 36.9 Å². The molecular formula is C33H29F4N3O7S. The van der Waals surface area contributed by atoms with Gasteiger partial charge in [-0.3, -0.25) is 9.35 Å². The quantitative estimate of drug-likeness (QED) is 0.0280. The second kappa shape index (κ2) is 13.2. The number of halogens is 4. The average Bonchev–Trinajstić information content (AvgIpc) is 3.02. The number of hydrogen-bond donors (Lipinski definition) is 3. The third-order valence-electron chi connectivity index (χ3n) is 7.72. The highest BCUT2D eigenvalue weighted by atomic mass is 32.2. The van der Waals surface area contributed by atoms with Gasteiger partial charge in [-0.1, -0.05) is 0 Å². The van der Waals surface area contributed by atoms with E-state index in [0.29, 0.717) is 29.3 Å². The molecule has 0 atom stereocenters. The van der Waals surface area contributed by atoms with Crippen LogP contribution in [0.15, 0.2) is 57.8 Å². The van der Waals surface area contributed by atoms with E-state index in [4.69, 9.17) is 24.8 Å². The van der Waals surface area contributed by atoms with Crippen LogP contribution in [0.1, 0.15) is 25.3 Å². The zero-order valence-corrected chi connectivity index (χ0v) is 26.6. The smallest absolute Gasteiger partial charge is 0.311 e. The Morgan fingerprint density at radius 2 is 1.69 bits per heavy atom. The van der Waals surface area contributed by atoms with Crippen molar-refractivity contribution in [3.8, 4) is 33.9 Å². The van der Waals surface area contributed by atoms with Crippen molar-refractivity contribution in [2.45, 2.75) is 31.6 Å². The number of nitrogens with one attached hydrogen (secondary N) is 1. The number of fused-ring (bicyclic) bond motifs is 2. The first-order chi connectivity index (χ1) is 22.7. The first kappa shape index (κ1) is 34.2. The number of hydrogen-bond acceptors (Lipinski definition) is 9. The molecule has 0 bridgehead atoms. The topological polar surface area (TPSA) is 156 Å². The van der Waals surface area contributed by atoms with Gasteiger partial charge in [-0.25, -0.2) is 8.78 Å². The lowest BCUT2D eigenvalue weighted by Crippen LogP contribution is -2.26. The van der Waals surface area contributed by atoms with Gasteiger partial charge in [0.25, 0.3) is 0 Å². The number of nitrogen functional groups attached to an aromatic ring is 1. The molecule has 0 spiro atoms. The number of nitrogens with zero attached hydrogens (tertiary/aromatic N) is 1. The summed E-state index contributed by atoms with van der Waals surface area (Å²) in [6.07, 6.45) is -0.348. The predicted octanol–water partition coefficient (Wildman–Crippen LogP) is 6.60. The Hall–Kier alpha value is -5.15. The molecule has 10 nitrogen and oxygen atoms in total. The molecule has 0 amide bonds. The van der Waals surface area contributed by atoms with Crippen LogP contribution in [0.3, 0.4) is 0 Å². The van der Waals surface area contributed by atoms with Crippen LogP contribution in [0.2, 0.25) is 0 Å². The van der Waals surface area contributed by atoms with E-state index in [9.17, 15) is 30.8 Å². The molecule has 4 N–H and O–H groups in total. The molecule has 0 radical (unpaired) electrons. The van der Waals surface area contributed by atoms with Crippen molar-refractivity contribution >= 4 is 38.4 Å². The molecule has 1 aliphatic heterocycles. The van der Waals surface area contributed by atoms with E-state index in [1.165, 1.54) is 7.11 Å². The van der Waals surface area contributed by atoms with Crippen LogP contribution in [0.5, 0.6) is 11.5 Å². The van der Waals surface area contributed by atoms with E-state index in [0.717, 1.165) is 33.3 Å². The molecule has 2 aliphatic rings. The fourth-order valence-electron chi connectivity index (χ4n) is 5.51. The molecule has 3 aromatic carbocycles. The van der Waals surface area contributed by atoms with Crippen molar-refractivity contribution in [2.75, 3.05) is 30.8 Å². The first-order valence-corrected chi connectivity index (χ1v) is 15.9. The number of nitrogens with two attached hydrogens (primary N) is 1. The Morgan fingerprint density at radius 3 is 2.31 bits per heavy atom. The van der Waals surface area contributed by atoms with Gasteiger partial charge in [0, 0.05) is 71.2 Å². The maximum absolute atomic E-state index is 14.3. The monoisotopic (exact) mass is 687 g/mol. The van der Waals surface area contributed by atoms with Crippen LogP contribution in [-0.2, 0) is 14.9 Å². The average molecular weight is 688 g/mol. The van der Waals surface area contributed by atoms with Gasteiger partial charge in [0.05, 0.1) is 12.5 Å². The van der Waals surface area contributed by atoms with Crippen LogP contribution >= 0.6 is 0 Å². The fraction of sp³-hybridized carbons (Fsp3) is 0.212. The maximum Gasteiger partial charge on any atom is 0.311 e. The zero-order chi connectivity index (χ0) is 35.1. The Morgan fingerprint density at radius 1 is 1.00 bits per heavy atom. The van der Waals surface area contributed by atoms with Crippen molar-refractivity contribution in [3.63, 3.8) is 0 Å². The predicted molar refractivity (Wildman–Crippen MR) is 169 cm³/mol. The summed E-state index contributed by atoms with van der Waals surface area (Å²) in [6.45, 7) is 4.47. The number of carbonyl (C=O) groups is 1. The minimum Gasteiger partial charge on any atom is -0.496 e. The Labute approximate surface area is 271 Å². The van der Waals surface area contributed by atoms with Crippen LogP contribution in [0.4, 0.5) is 28.9 Å². The molecule has 0 fully saturated rings. The lowest BCUT2D eigenvalue weighted by atomic mass is 9.91. The minimum absolute atomic E-state index is 0.0832. The van der Waals surface area contributed by atoms with Gasteiger partial charge in [-0.2, -0.15) is 17.2 Å². The fourth-order valence-corrected chi connectivity index (χ4v) is 6.15. The molecule has 0 saturated carbocycles. The normalized spacial score (nSPS) is 11.7. The summed E-state index contributed by atoms with van der Waals surface area (Å²) in [4.78, 5) is 12.1. The lowest BCUT2D eigenvalue weighted by molar-refractivity contribution is -0.134. The van der Waals surface area contributed by atoms with Crippen molar-refractivity contribution in [2.24, 2.45) is 0 Å². The van der Waals surface area contributed by atoms with E-state index in [-0.39, 0.29) is 18.3 Å². The summed E-state index contributed by atoms with van der Waals surface area (Å²) in [5, 5.41) is 9.12. The second-order valence-electron chi connectivity index (χ2n) is 10.8. The number of esters is 1. The highest BCUT2D eigenvalue weighted by Gasteiger charge is 2.34. The van der Waals surface area contributed by atoms with Gasteiger partial charge < -0.3 is 29.9 Å². The van der Waals surface area contributed by atoms with Crippen molar-refractivity contribution < 1.29 is 49.2 Å². The van der Waals surface area contributed by atoms with Crippen LogP contribution in [0.25, 0.3) is 33.4 Å². The second-order valence-corrected chi connectivity index (χ2v) is 12.2. The molecule has 15 heteroatoms. The van der Waals surface area contributed by atoms with Gasteiger partial charge in [0.15, 0.2) is 16.5 Å². The van der Waals surface area contributed by atoms with Crippen molar-refractivity contribution in [3.05, 3.63) is 82.7 Å². The summed E-state index contributed by atoms with van der Waals surface area (Å²) in [5.74, 6) is -11.4. The molecule has 48 heavy (non-hydrogen) atoms. The first-order valence-electron chi connectivity index (χ1n) is 14.4. The molecule has 3 aromatic rings. The molecular weight excluding hydrogens is 658 g/mol. The zero-order valence-electron chi connectivity index (χ0n) is 25.8. The van der Waals surface area contributed by atoms with E-state index >= 15 is 0 Å². The third kappa shape index (κ3) is 6.38. The summed E-state index contributed by atoms with van der Waals surface area (Å²) < 4.78 is 105. The summed E-state index contributed by atoms with van der Waals surface area (Å²) >= 11 is 0. The Balaban J connectivity index is 1.41. The number of aryl methyl sites for hydroxylation is 1. The molecule has 1 aliphatic carbocycles. The molecule has 0 saturated heterocycles. The summed E-state index contributed by atoms with van der Waals surface area (Å²) in [7, 11) is -4.14. The van der Waals surface area contributed by atoms with Crippen molar-refractivity contribution in [1.82, 2.24) is 0 Å². The molecule has 0 aromatic heterocycles. The Bertz CT molecular complexity index is 2200. The van der Waals surface area contributed by atoms with E-state index in [1.54, 1.807) is 30.3 Å². The number of methoxy groups -OCH3 is 1. The van der Waals surface area contributed by atoms with Crippen molar-refractivity contribution in [1.29, 1.82) is 5.41 Å². The number of carbonyl (C=O) groups excluding carboxylic acids is 1. The molecule has 1 heterocycles. The molecule has 5 rings (SSSR count). The largest absolute Gasteiger partial charge is 0.496 e. The van der Waals surface area contributed by atoms with Gasteiger partial charge in [-0.05, 0) is 56.2 Å². The van der Waals surface area contributed by atoms with Gasteiger partial charge in [0.1, 0.15) is 17.1 Å². The molecule has 0 unspecified atom stereocenters. The van der Waals surface area contributed by atoms with E-state index < -0.39 is 56.4 Å².